The minimum atomic E-state index is -0.308. The highest BCUT2D eigenvalue weighted by molar-refractivity contribution is 9.10. The van der Waals surface area contributed by atoms with E-state index < -0.39 is 0 Å². The van der Waals surface area contributed by atoms with Gasteiger partial charge in [0.25, 0.3) is 0 Å². The van der Waals surface area contributed by atoms with Gasteiger partial charge in [0, 0.05) is 23.8 Å². The summed E-state index contributed by atoms with van der Waals surface area (Å²) in [5.41, 5.74) is 2.11. The van der Waals surface area contributed by atoms with Crippen molar-refractivity contribution in [3.05, 3.63) is 34.1 Å². The molecule has 0 radical (unpaired) electrons. The van der Waals surface area contributed by atoms with Crippen LogP contribution in [0.5, 0.6) is 0 Å². The third-order valence-electron chi connectivity index (χ3n) is 4.45. The number of carbonyl (C=O) groups is 1. The zero-order valence-electron chi connectivity index (χ0n) is 13.8. The molecule has 128 valence electrons. The predicted molar refractivity (Wildman–Crippen MR) is 92.4 cm³/mol. The Bertz CT molecular complexity index is 708. The maximum absolute atomic E-state index is 12.3. The molecule has 2 aromatic rings. The van der Waals surface area contributed by atoms with E-state index in [2.05, 4.69) is 26.1 Å². The van der Waals surface area contributed by atoms with Gasteiger partial charge in [-0.15, -0.1) is 0 Å². The summed E-state index contributed by atoms with van der Waals surface area (Å²) in [7, 11) is 1.80. The van der Waals surface area contributed by atoms with Crippen molar-refractivity contribution in [1.29, 1.82) is 0 Å². The summed E-state index contributed by atoms with van der Waals surface area (Å²) in [5.74, 6) is 0.538. The molecule has 2 heterocycles. The summed E-state index contributed by atoms with van der Waals surface area (Å²) in [6, 6.07) is 4.00. The Morgan fingerprint density at radius 2 is 2.17 bits per heavy atom. The topological polar surface area (TPSA) is 68.5 Å². The molecule has 1 amide bonds. The second-order valence-electron chi connectivity index (χ2n) is 6.04. The fraction of sp³-hybridized carbons (Fsp3) is 0.471. The molecule has 1 aliphatic carbocycles. The molecule has 0 bridgehead atoms. The molecular formula is C17H20BrN3O3. The van der Waals surface area contributed by atoms with E-state index >= 15 is 0 Å². The molecule has 1 aliphatic rings. The van der Waals surface area contributed by atoms with Crippen LogP contribution in [0.15, 0.2) is 27.3 Å². The molecule has 6 nitrogen and oxygen atoms in total. The van der Waals surface area contributed by atoms with Crippen molar-refractivity contribution in [3.8, 4) is 11.5 Å². The highest BCUT2D eigenvalue weighted by atomic mass is 79.9. The first-order valence-electron chi connectivity index (χ1n) is 8.03. The Balaban J connectivity index is 1.70. The van der Waals surface area contributed by atoms with Crippen molar-refractivity contribution in [2.45, 2.75) is 45.3 Å². The molecule has 0 N–H and O–H groups in total. The van der Waals surface area contributed by atoms with Crippen LogP contribution in [0.1, 0.15) is 36.9 Å². The maximum Gasteiger partial charge on any atom is 0.410 e. The van der Waals surface area contributed by atoms with Crippen LogP contribution in [-0.2, 0) is 11.3 Å². The molecule has 0 spiro atoms. The fourth-order valence-corrected chi connectivity index (χ4v) is 3.18. The van der Waals surface area contributed by atoms with Gasteiger partial charge in [0.05, 0.1) is 11.3 Å². The van der Waals surface area contributed by atoms with Gasteiger partial charge in [-0.2, -0.15) is 0 Å². The summed E-state index contributed by atoms with van der Waals surface area (Å²) in [5, 5.41) is 3.98. The molecule has 0 saturated heterocycles. The lowest BCUT2D eigenvalue weighted by molar-refractivity contribution is 0.0917. The average molecular weight is 394 g/mol. The van der Waals surface area contributed by atoms with Gasteiger partial charge in [0.2, 0.25) is 0 Å². The summed E-state index contributed by atoms with van der Waals surface area (Å²) < 4.78 is 11.7. The van der Waals surface area contributed by atoms with Crippen LogP contribution in [0, 0.1) is 6.92 Å². The van der Waals surface area contributed by atoms with Crippen LogP contribution in [0.4, 0.5) is 4.79 Å². The average Bonchev–Trinajstić information content (AvgIpc) is 3.23. The first-order valence-corrected chi connectivity index (χ1v) is 8.82. The van der Waals surface area contributed by atoms with Gasteiger partial charge in [-0.1, -0.05) is 18.0 Å². The van der Waals surface area contributed by atoms with Crippen molar-refractivity contribution in [2.24, 2.45) is 0 Å². The van der Waals surface area contributed by atoms with Crippen molar-refractivity contribution < 1.29 is 14.1 Å². The zero-order chi connectivity index (χ0) is 17.1. The summed E-state index contributed by atoms with van der Waals surface area (Å²) in [6.45, 7) is 1.95. The Hall–Kier alpha value is -1.89. The molecule has 0 aliphatic heterocycles. The maximum atomic E-state index is 12.3. The predicted octanol–water partition coefficient (Wildman–Crippen LogP) is 4.32. The van der Waals surface area contributed by atoms with E-state index in [9.17, 15) is 4.79 Å². The standard InChI is InChI=1S/C17H20BrN3O3/c1-11-14(10-23-17(22)21(2)13-5-3-4-6-13)16(24-20-11)15-8-7-12(18)9-19-15/h7-9,13H,3-6,10H2,1-2H3. The summed E-state index contributed by atoms with van der Waals surface area (Å²) >= 11 is 3.36. The lowest BCUT2D eigenvalue weighted by Crippen LogP contribution is -2.35. The number of halogens is 1. The monoisotopic (exact) mass is 393 g/mol. The van der Waals surface area contributed by atoms with Crippen LogP contribution in [-0.4, -0.2) is 34.2 Å². The molecule has 7 heteroatoms. The Kier molecular flexibility index (Phi) is 5.18. The number of ether oxygens (including phenoxy) is 1. The van der Waals surface area contributed by atoms with Crippen molar-refractivity contribution in [1.82, 2.24) is 15.0 Å². The Labute approximate surface area is 149 Å². The Morgan fingerprint density at radius 3 is 2.83 bits per heavy atom. The summed E-state index contributed by atoms with van der Waals surface area (Å²) in [4.78, 5) is 18.3. The van der Waals surface area contributed by atoms with Crippen molar-refractivity contribution in [2.75, 3.05) is 7.05 Å². The van der Waals surface area contributed by atoms with E-state index in [1.807, 2.05) is 19.1 Å². The first kappa shape index (κ1) is 17.0. The molecule has 1 fully saturated rings. The molecule has 3 rings (SSSR count). The first-order chi connectivity index (χ1) is 11.6. The minimum Gasteiger partial charge on any atom is -0.444 e. The number of hydrogen-bond acceptors (Lipinski definition) is 5. The van der Waals surface area contributed by atoms with Crippen LogP contribution in [0.3, 0.4) is 0 Å². The molecular weight excluding hydrogens is 374 g/mol. The number of aromatic nitrogens is 2. The van der Waals surface area contributed by atoms with Gasteiger partial charge in [-0.25, -0.2) is 4.79 Å². The van der Waals surface area contributed by atoms with Crippen LogP contribution in [0.2, 0.25) is 0 Å². The van der Waals surface area contributed by atoms with E-state index in [4.69, 9.17) is 9.26 Å². The molecule has 2 aromatic heterocycles. The van der Waals surface area contributed by atoms with Gasteiger partial charge in [-0.3, -0.25) is 4.98 Å². The van der Waals surface area contributed by atoms with Crippen LogP contribution >= 0.6 is 15.9 Å². The third kappa shape index (κ3) is 3.61. The minimum absolute atomic E-state index is 0.123. The van der Waals surface area contributed by atoms with Crippen LogP contribution < -0.4 is 0 Å². The van der Waals surface area contributed by atoms with Gasteiger partial charge in [0.15, 0.2) is 5.76 Å². The van der Waals surface area contributed by atoms with E-state index in [1.165, 1.54) is 12.8 Å². The van der Waals surface area contributed by atoms with E-state index in [1.54, 1.807) is 18.1 Å². The highest BCUT2D eigenvalue weighted by Gasteiger charge is 2.25. The number of carbonyl (C=O) groups excluding carboxylic acids is 1. The van der Waals surface area contributed by atoms with Gasteiger partial charge in [0.1, 0.15) is 12.3 Å². The van der Waals surface area contributed by atoms with E-state index in [0.717, 1.165) is 22.9 Å². The van der Waals surface area contributed by atoms with Gasteiger partial charge >= 0.3 is 6.09 Å². The largest absolute Gasteiger partial charge is 0.444 e. The summed E-state index contributed by atoms with van der Waals surface area (Å²) in [6.07, 6.45) is 5.82. The number of amides is 1. The highest BCUT2D eigenvalue weighted by Crippen LogP contribution is 2.27. The van der Waals surface area contributed by atoms with Crippen molar-refractivity contribution in [3.63, 3.8) is 0 Å². The van der Waals surface area contributed by atoms with Crippen LogP contribution in [0.25, 0.3) is 11.5 Å². The molecule has 24 heavy (non-hydrogen) atoms. The second kappa shape index (κ2) is 7.34. The smallest absolute Gasteiger partial charge is 0.410 e. The van der Waals surface area contributed by atoms with E-state index in [-0.39, 0.29) is 18.7 Å². The number of aryl methyl sites for hydroxylation is 1. The SMILES string of the molecule is Cc1noc(-c2ccc(Br)cn2)c1COC(=O)N(C)C1CCCC1. The lowest BCUT2D eigenvalue weighted by atomic mass is 10.1. The number of nitrogens with zero attached hydrogens (tertiary/aromatic N) is 3. The quantitative estimate of drug-likeness (QED) is 0.773. The van der Waals surface area contributed by atoms with Gasteiger partial charge in [-0.05, 0) is 47.8 Å². The normalized spacial score (nSPS) is 14.8. The number of pyridine rings is 1. The number of hydrogen-bond donors (Lipinski definition) is 0. The van der Waals surface area contributed by atoms with Gasteiger partial charge < -0.3 is 14.2 Å². The molecule has 0 aromatic carbocycles. The van der Waals surface area contributed by atoms with E-state index in [0.29, 0.717) is 17.1 Å². The zero-order valence-corrected chi connectivity index (χ0v) is 15.4. The Morgan fingerprint density at radius 1 is 1.42 bits per heavy atom. The molecule has 0 atom stereocenters. The fourth-order valence-electron chi connectivity index (χ4n) is 2.95. The van der Waals surface area contributed by atoms with Crippen molar-refractivity contribution >= 4 is 22.0 Å². The second-order valence-corrected chi connectivity index (χ2v) is 6.96. The number of rotatable bonds is 4. The lowest BCUT2D eigenvalue weighted by Gasteiger charge is -2.23. The molecule has 1 saturated carbocycles. The molecule has 0 unspecified atom stereocenters. The third-order valence-corrected chi connectivity index (χ3v) is 4.91.